The largest absolute Gasteiger partial charge is 0.497 e. The Morgan fingerprint density at radius 3 is 2.33 bits per heavy atom. The maximum atomic E-state index is 14.9. The van der Waals surface area contributed by atoms with Gasteiger partial charge in [0.2, 0.25) is 0 Å². The predicted molar refractivity (Wildman–Crippen MR) is 114 cm³/mol. The third-order valence-electron chi connectivity index (χ3n) is 4.34. The highest BCUT2D eigenvalue weighted by molar-refractivity contribution is 6.07. The second-order valence-corrected chi connectivity index (χ2v) is 6.56. The van der Waals surface area contributed by atoms with Crippen molar-refractivity contribution in [2.24, 2.45) is 10.9 Å². The van der Waals surface area contributed by atoms with E-state index in [1.165, 1.54) is 13.2 Å². The molecule has 0 radical (unpaired) electrons. The van der Waals surface area contributed by atoms with Crippen LogP contribution in [-0.2, 0) is 16.1 Å². The Balaban J connectivity index is 2.37. The molecule has 0 aliphatic heterocycles. The van der Waals surface area contributed by atoms with Gasteiger partial charge in [-0.05, 0) is 36.2 Å². The molecule has 0 heterocycles. The highest BCUT2D eigenvalue weighted by Gasteiger charge is 2.42. The molecule has 0 N–H and O–H groups in total. The molecule has 4 nitrogen and oxygen atoms in total. The number of carbonyl (C=O) groups excluding carboxylic acids is 1. The number of nitrogens with zero attached hydrogens (tertiary/aromatic N) is 1. The summed E-state index contributed by atoms with van der Waals surface area (Å²) in [5.41, 5.74) is 0.458. The maximum absolute atomic E-state index is 14.9. The lowest BCUT2D eigenvalue weighted by atomic mass is 9.92. The van der Waals surface area contributed by atoms with Crippen LogP contribution in [0.5, 0.6) is 5.75 Å². The molecule has 0 spiro atoms. The van der Waals surface area contributed by atoms with Crippen molar-refractivity contribution in [1.82, 2.24) is 0 Å². The molecule has 0 aliphatic carbocycles. The molecule has 158 valence electrons. The Morgan fingerprint density at radius 2 is 1.77 bits per heavy atom. The molecule has 0 fully saturated rings. The Labute approximate surface area is 175 Å². The summed E-state index contributed by atoms with van der Waals surface area (Å²) < 4.78 is 40.3. The number of ether oxygens (including phenoxy) is 2. The first-order valence-corrected chi connectivity index (χ1v) is 9.44. The van der Waals surface area contributed by atoms with Crippen LogP contribution in [0.1, 0.15) is 18.4 Å². The number of hydrogen-bond acceptors (Lipinski definition) is 4. The molecule has 2 rings (SSSR count). The number of alkyl halides is 2. The zero-order valence-electron chi connectivity index (χ0n) is 16.9. The van der Waals surface area contributed by atoms with Crippen LogP contribution in [0.3, 0.4) is 0 Å². The number of carbonyl (C=O) groups is 1. The normalized spacial score (nSPS) is 12.7. The first-order valence-electron chi connectivity index (χ1n) is 9.44. The van der Waals surface area contributed by atoms with Gasteiger partial charge in [0.25, 0.3) is 5.92 Å². The molecule has 0 amide bonds. The van der Waals surface area contributed by atoms with Crippen molar-refractivity contribution < 1.29 is 23.0 Å². The summed E-state index contributed by atoms with van der Waals surface area (Å²) in [5, 5.41) is 0. The van der Waals surface area contributed by atoms with E-state index in [4.69, 9.17) is 9.47 Å². The van der Waals surface area contributed by atoms with Crippen LogP contribution in [0.4, 0.5) is 14.5 Å². The smallest absolute Gasteiger partial charge is 0.315 e. The van der Waals surface area contributed by atoms with Crippen molar-refractivity contribution in [2.45, 2.75) is 25.4 Å². The van der Waals surface area contributed by atoms with Crippen molar-refractivity contribution in [1.29, 1.82) is 0 Å². The number of methoxy groups -OCH3 is 1. The average Bonchev–Trinajstić information content (AvgIpc) is 2.75. The van der Waals surface area contributed by atoms with Crippen LogP contribution in [0.2, 0.25) is 0 Å². The Morgan fingerprint density at radius 1 is 1.10 bits per heavy atom. The first kappa shape index (κ1) is 23.0. The Hall–Kier alpha value is -3.28. The van der Waals surface area contributed by atoms with Crippen LogP contribution in [0, 0.1) is 5.92 Å². The maximum Gasteiger partial charge on any atom is 0.315 e. The number of esters is 1. The van der Waals surface area contributed by atoms with Crippen molar-refractivity contribution in [3.8, 4) is 5.75 Å². The van der Waals surface area contributed by atoms with E-state index in [-0.39, 0.29) is 18.7 Å². The molecule has 0 saturated heterocycles. The lowest BCUT2D eigenvalue weighted by Gasteiger charge is -2.24. The van der Waals surface area contributed by atoms with Gasteiger partial charge in [0.05, 0.1) is 12.8 Å². The van der Waals surface area contributed by atoms with E-state index in [1.54, 1.807) is 48.5 Å². The summed E-state index contributed by atoms with van der Waals surface area (Å²) >= 11 is 0. The summed E-state index contributed by atoms with van der Waals surface area (Å²) in [7, 11) is 1.50. The number of halogens is 2. The van der Waals surface area contributed by atoms with E-state index in [0.717, 1.165) is 11.6 Å². The number of aliphatic imine (C=N–C) groups is 1. The van der Waals surface area contributed by atoms with Crippen LogP contribution < -0.4 is 4.74 Å². The summed E-state index contributed by atoms with van der Waals surface area (Å²) in [6.45, 7) is 6.98. The zero-order chi connectivity index (χ0) is 22.0. The predicted octanol–water partition coefficient (Wildman–Crippen LogP) is 5.91. The minimum absolute atomic E-state index is 0.0177. The third kappa shape index (κ3) is 6.37. The SMILES string of the molecule is C=CCC(C(=O)OCc1ccccc1)C(=Nc1ccc(OC)cc1)C(F)(F)CC=C. The Bertz CT molecular complexity index is 877. The number of benzene rings is 2. The lowest BCUT2D eigenvalue weighted by molar-refractivity contribution is -0.147. The van der Waals surface area contributed by atoms with E-state index >= 15 is 0 Å². The van der Waals surface area contributed by atoms with Gasteiger partial charge in [-0.3, -0.25) is 9.79 Å². The summed E-state index contributed by atoms with van der Waals surface area (Å²) in [4.78, 5) is 16.9. The van der Waals surface area contributed by atoms with Gasteiger partial charge in [-0.25, -0.2) is 0 Å². The van der Waals surface area contributed by atoms with Gasteiger partial charge in [0.15, 0.2) is 0 Å². The first-order chi connectivity index (χ1) is 14.4. The van der Waals surface area contributed by atoms with Crippen molar-refractivity contribution in [3.63, 3.8) is 0 Å². The fraction of sp³-hybridized carbons (Fsp3) is 0.250. The van der Waals surface area contributed by atoms with Crippen molar-refractivity contribution in [3.05, 3.63) is 85.5 Å². The summed E-state index contributed by atoms with van der Waals surface area (Å²) in [6, 6.07) is 15.3. The van der Waals surface area contributed by atoms with E-state index in [9.17, 15) is 13.6 Å². The van der Waals surface area contributed by atoms with E-state index in [0.29, 0.717) is 5.75 Å². The number of allylic oxidation sites excluding steroid dienone is 2. The minimum Gasteiger partial charge on any atom is -0.497 e. The van der Waals surface area contributed by atoms with Gasteiger partial charge < -0.3 is 9.47 Å². The monoisotopic (exact) mass is 413 g/mol. The molecule has 0 saturated carbocycles. The second kappa shape index (κ2) is 11.0. The molecular formula is C24H25F2NO3. The molecule has 0 bridgehead atoms. The second-order valence-electron chi connectivity index (χ2n) is 6.56. The fourth-order valence-electron chi connectivity index (χ4n) is 2.81. The highest BCUT2D eigenvalue weighted by Crippen LogP contribution is 2.31. The van der Waals surface area contributed by atoms with Gasteiger partial charge in [0, 0.05) is 6.42 Å². The molecule has 0 aliphatic rings. The molecule has 30 heavy (non-hydrogen) atoms. The quantitative estimate of drug-likeness (QED) is 0.261. The van der Waals surface area contributed by atoms with Crippen LogP contribution >= 0.6 is 0 Å². The average molecular weight is 413 g/mol. The standard InChI is InChI=1S/C24H25F2NO3/c1-4-9-21(23(28)30-17-18-10-7-6-8-11-18)22(24(25,26)16-5-2)27-19-12-14-20(29-3)15-13-19/h4-8,10-15,21H,1-2,9,16-17H2,3H3. The molecule has 6 heteroatoms. The molecular weight excluding hydrogens is 388 g/mol. The molecule has 1 unspecified atom stereocenters. The molecule has 2 aromatic carbocycles. The molecule has 2 aromatic rings. The van der Waals surface area contributed by atoms with E-state index in [1.807, 2.05) is 6.07 Å². The fourth-order valence-corrected chi connectivity index (χ4v) is 2.81. The van der Waals surface area contributed by atoms with Crippen LogP contribution in [-0.4, -0.2) is 24.7 Å². The van der Waals surface area contributed by atoms with Crippen molar-refractivity contribution >= 4 is 17.4 Å². The Kier molecular flexibility index (Phi) is 8.47. The van der Waals surface area contributed by atoms with Gasteiger partial charge >= 0.3 is 5.97 Å². The van der Waals surface area contributed by atoms with Gasteiger partial charge in [-0.2, -0.15) is 8.78 Å². The van der Waals surface area contributed by atoms with E-state index in [2.05, 4.69) is 18.2 Å². The van der Waals surface area contributed by atoms with Crippen LogP contribution in [0.15, 0.2) is 84.9 Å². The van der Waals surface area contributed by atoms with Gasteiger partial charge in [0.1, 0.15) is 24.0 Å². The molecule has 0 aromatic heterocycles. The minimum atomic E-state index is -3.37. The zero-order valence-corrected chi connectivity index (χ0v) is 16.9. The van der Waals surface area contributed by atoms with E-state index < -0.39 is 29.9 Å². The van der Waals surface area contributed by atoms with Gasteiger partial charge in [-0.1, -0.05) is 42.5 Å². The number of rotatable bonds is 11. The van der Waals surface area contributed by atoms with Crippen molar-refractivity contribution in [2.75, 3.05) is 7.11 Å². The van der Waals surface area contributed by atoms with Gasteiger partial charge in [-0.15, -0.1) is 13.2 Å². The third-order valence-corrected chi connectivity index (χ3v) is 4.34. The van der Waals surface area contributed by atoms with Crippen LogP contribution in [0.25, 0.3) is 0 Å². The summed E-state index contributed by atoms with van der Waals surface area (Å²) in [5.74, 6) is -4.86. The highest BCUT2D eigenvalue weighted by atomic mass is 19.3. The number of hydrogen-bond donors (Lipinski definition) is 0. The topological polar surface area (TPSA) is 47.9 Å². The molecule has 1 atom stereocenters. The lowest BCUT2D eigenvalue weighted by Crippen LogP contribution is -2.39. The summed E-state index contributed by atoms with van der Waals surface area (Å²) in [6.07, 6.45) is 1.82.